The van der Waals surface area contributed by atoms with Crippen LogP contribution in [0.4, 0.5) is 0 Å². The van der Waals surface area contributed by atoms with Crippen LogP contribution in [0.25, 0.3) is 16.9 Å². The average Bonchev–Trinajstić information content (AvgIpc) is 3.01. The Balaban J connectivity index is 2.22. The maximum absolute atomic E-state index is 11.2. The Hall–Kier alpha value is -3.39. The average molecular weight is 289 g/mol. The standard InChI is InChI=1S/C17H11N3O2/c18-11-12-5-4-8-14(9-12)20-16(10-15(19-20)17(21)22)13-6-2-1-3-7-13/h1-10H,(H,21,22). The van der Waals surface area contributed by atoms with Crippen molar-refractivity contribution in [1.82, 2.24) is 9.78 Å². The van der Waals surface area contributed by atoms with E-state index in [0.717, 1.165) is 5.56 Å². The minimum absolute atomic E-state index is 0.0405. The first-order valence-corrected chi connectivity index (χ1v) is 6.58. The van der Waals surface area contributed by atoms with Gasteiger partial charge in [-0.1, -0.05) is 36.4 Å². The lowest BCUT2D eigenvalue weighted by Crippen LogP contribution is -2.02. The van der Waals surface area contributed by atoms with Crippen molar-refractivity contribution in [3.63, 3.8) is 0 Å². The first-order valence-electron chi connectivity index (χ1n) is 6.58. The fourth-order valence-corrected chi connectivity index (χ4v) is 2.20. The van der Waals surface area contributed by atoms with Crippen LogP contribution < -0.4 is 0 Å². The van der Waals surface area contributed by atoms with E-state index in [0.29, 0.717) is 16.9 Å². The van der Waals surface area contributed by atoms with Crippen molar-refractivity contribution < 1.29 is 9.90 Å². The van der Waals surface area contributed by atoms with Crippen LogP contribution >= 0.6 is 0 Å². The van der Waals surface area contributed by atoms with E-state index in [1.54, 1.807) is 28.9 Å². The number of nitrogens with zero attached hydrogens (tertiary/aromatic N) is 3. The zero-order valence-electron chi connectivity index (χ0n) is 11.5. The third kappa shape index (κ3) is 2.45. The van der Waals surface area contributed by atoms with Crippen LogP contribution in [0.2, 0.25) is 0 Å². The Morgan fingerprint density at radius 2 is 1.86 bits per heavy atom. The second-order valence-corrected chi connectivity index (χ2v) is 4.66. The summed E-state index contributed by atoms with van der Waals surface area (Å²) in [7, 11) is 0. The van der Waals surface area contributed by atoms with E-state index in [1.165, 1.54) is 6.07 Å². The molecule has 0 radical (unpaired) electrons. The maximum atomic E-state index is 11.2. The molecule has 1 heterocycles. The quantitative estimate of drug-likeness (QED) is 0.803. The highest BCUT2D eigenvalue weighted by atomic mass is 16.4. The molecule has 106 valence electrons. The molecule has 0 unspecified atom stereocenters. The number of rotatable bonds is 3. The second-order valence-electron chi connectivity index (χ2n) is 4.66. The first-order chi connectivity index (χ1) is 10.7. The van der Waals surface area contributed by atoms with Crippen molar-refractivity contribution in [2.75, 3.05) is 0 Å². The monoisotopic (exact) mass is 289 g/mol. The van der Waals surface area contributed by atoms with E-state index in [9.17, 15) is 9.90 Å². The summed E-state index contributed by atoms with van der Waals surface area (Å²) >= 11 is 0. The van der Waals surface area contributed by atoms with Gasteiger partial charge in [-0.2, -0.15) is 10.4 Å². The molecule has 1 aromatic heterocycles. The van der Waals surface area contributed by atoms with Gasteiger partial charge in [-0.15, -0.1) is 0 Å². The molecule has 3 aromatic rings. The molecule has 0 aliphatic carbocycles. The number of hydrogen-bond acceptors (Lipinski definition) is 3. The van der Waals surface area contributed by atoms with Gasteiger partial charge in [-0.05, 0) is 24.3 Å². The zero-order chi connectivity index (χ0) is 15.5. The molecule has 0 aliphatic rings. The van der Waals surface area contributed by atoms with Gasteiger partial charge in [0.2, 0.25) is 0 Å². The molecule has 0 atom stereocenters. The second kappa shape index (κ2) is 5.54. The van der Waals surface area contributed by atoms with Gasteiger partial charge < -0.3 is 5.11 Å². The van der Waals surface area contributed by atoms with E-state index in [1.807, 2.05) is 30.3 Å². The van der Waals surface area contributed by atoms with Crippen molar-refractivity contribution >= 4 is 5.97 Å². The fourth-order valence-electron chi connectivity index (χ4n) is 2.20. The van der Waals surface area contributed by atoms with Gasteiger partial charge >= 0.3 is 5.97 Å². The fraction of sp³-hybridized carbons (Fsp3) is 0. The lowest BCUT2D eigenvalue weighted by atomic mass is 10.1. The number of hydrogen-bond donors (Lipinski definition) is 1. The van der Waals surface area contributed by atoms with E-state index in [4.69, 9.17) is 5.26 Å². The zero-order valence-corrected chi connectivity index (χ0v) is 11.5. The van der Waals surface area contributed by atoms with Crippen LogP contribution in [-0.2, 0) is 0 Å². The third-order valence-electron chi connectivity index (χ3n) is 3.22. The number of aromatic nitrogens is 2. The minimum Gasteiger partial charge on any atom is -0.476 e. The number of carboxylic acid groups (broad SMARTS) is 1. The molecule has 0 fully saturated rings. The topological polar surface area (TPSA) is 78.9 Å². The summed E-state index contributed by atoms with van der Waals surface area (Å²) in [6.45, 7) is 0. The summed E-state index contributed by atoms with van der Waals surface area (Å²) in [5.41, 5.74) is 2.61. The third-order valence-corrected chi connectivity index (χ3v) is 3.22. The van der Waals surface area contributed by atoms with Crippen LogP contribution in [0.3, 0.4) is 0 Å². The number of carbonyl (C=O) groups is 1. The molecule has 3 rings (SSSR count). The highest BCUT2D eigenvalue weighted by molar-refractivity contribution is 5.87. The van der Waals surface area contributed by atoms with Crippen LogP contribution in [0.1, 0.15) is 16.1 Å². The SMILES string of the molecule is N#Cc1cccc(-n2nc(C(=O)O)cc2-c2ccccc2)c1. The highest BCUT2D eigenvalue weighted by Gasteiger charge is 2.15. The Kier molecular flexibility index (Phi) is 3.42. The van der Waals surface area contributed by atoms with Crippen LogP contribution in [0, 0.1) is 11.3 Å². The van der Waals surface area contributed by atoms with Gasteiger partial charge in [-0.25, -0.2) is 9.48 Å². The van der Waals surface area contributed by atoms with Gasteiger partial charge in [0.15, 0.2) is 5.69 Å². The molecule has 0 spiro atoms. The van der Waals surface area contributed by atoms with Crippen molar-refractivity contribution in [3.05, 3.63) is 71.9 Å². The van der Waals surface area contributed by atoms with E-state index < -0.39 is 5.97 Å². The molecule has 2 aromatic carbocycles. The minimum atomic E-state index is -1.09. The molecule has 5 nitrogen and oxygen atoms in total. The largest absolute Gasteiger partial charge is 0.476 e. The first kappa shape index (κ1) is 13.6. The molecule has 22 heavy (non-hydrogen) atoms. The Morgan fingerprint density at radius 1 is 1.09 bits per heavy atom. The lowest BCUT2D eigenvalue weighted by Gasteiger charge is -2.07. The predicted molar refractivity (Wildman–Crippen MR) is 80.7 cm³/mol. The van der Waals surface area contributed by atoms with Crippen molar-refractivity contribution in [3.8, 4) is 23.0 Å². The van der Waals surface area contributed by atoms with E-state index >= 15 is 0 Å². The van der Waals surface area contributed by atoms with Gasteiger partial charge in [0.1, 0.15) is 0 Å². The summed E-state index contributed by atoms with van der Waals surface area (Å²) in [5.74, 6) is -1.09. The van der Waals surface area contributed by atoms with E-state index in [2.05, 4.69) is 11.2 Å². The molecule has 0 aliphatic heterocycles. The normalized spacial score (nSPS) is 10.1. The van der Waals surface area contributed by atoms with Gasteiger partial charge in [0, 0.05) is 5.56 Å². The highest BCUT2D eigenvalue weighted by Crippen LogP contribution is 2.24. The summed E-state index contributed by atoms with van der Waals surface area (Å²) in [6.07, 6.45) is 0. The Labute approximate surface area is 126 Å². The van der Waals surface area contributed by atoms with Gasteiger partial charge in [0.25, 0.3) is 0 Å². The summed E-state index contributed by atoms with van der Waals surface area (Å²) in [5, 5.41) is 22.3. The molecule has 0 bridgehead atoms. The Morgan fingerprint density at radius 3 is 2.55 bits per heavy atom. The number of carboxylic acids is 1. The summed E-state index contributed by atoms with van der Waals surface area (Å²) in [6, 6.07) is 19.9. The Bertz CT molecular complexity index is 876. The summed E-state index contributed by atoms with van der Waals surface area (Å²) < 4.78 is 1.54. The molecular formula is C17H11N3O2. The number of aromatic carboxylic acids is 1. The number of benzene rings is 2. The van der Waals surface area contributed by atoms with Crippen LogP contribution in [-0.4, -0.2) is 20.9 Å². The maximum Gasteiger partial charge on any atom is 0.356 e. The van der Waals surface area contributed by atoms with E-state index in [-0.39, 0.29) is 5.69 Å². The van der Waals surface area contributed by atoms with Crippen molar-refractivity contribution in [1.29, 1.82) is 5.26 Å². The van der Waals surface area contributed by atoms with Crippen molar-refractivity contribution in [2.24, 2.45) is 0 Å². The van der Waals surface area contributed by atoms with Gasteiger partial charge in [-0.3, -0.25) is 0 Å². The molecule has 0 saturated carbocycles. The van der Waals surface area contributed by atoms with Crippen LogP contribution in [0.15, 0.2) is 60.7 Å². The summed E-state index contributed by atoms with van der Waals surface area (Å²) in [4.78, 5) is 11.2. The molecule has 1 N–H and O–H groups in total. The lowest BCUT2D eigenvalue weighted by molar-refractivity contribution is 0.0690. The van der Waals surface area contributed by atoms with Crippen molar-refractivity contribution in [2.45, 2.75) is 0 Å². The van der Waals surface area contributed by atoms with Gasteiger partial charge in [0.05, 0.1) is 23.0 Å². The molecule has 0 amide bonds. The molecular weight excluding hydrogens is 278 g/mol. The predicted octanol–water partition coefficient (Wildman–Crippen LogP) is 3.11. The van der Waals surface area contributed by atoms with Crippen LogP contribution in [0.5, 0.6) is 0 Å². The molecule has 0 saturated heterocycles. The number of nitriles is 1. The smallest absolute Gasteiger partial charge is 0.356 e. The molecule has 5 heteroatoms.